The Morgan fingerprint density at radius 2 is 0.808 bits per heavy atom. The first-order valence-corrected chi connectivity index (χ1v) is 12.5. The minimum absolute atomic E-state index is 0.0749. The molecule has 2 atom stereocenters. The predicted molar refractivity (Wildman–Crippen MR) is 106 cm³/mol. The van der Waals surface area contributed by atoms with Gasteiger partial charge in [0.2, 0.25) is 0 Å². The summed E-state index contributed by atoms with van der Waals surface area (Å²) >= 11 is 0. The monoisotopic (exact) mass is 402 g/mol. The maximum atomic E-state index is 5.69. The summed E-state index contributed by atoms with van der Waals surface area (Å²) in [6.45, 7) is 4.23. The van der Waals surface area contributed by atoms with Crippen LogP contribution in [0.25, 0.3) is 0 Å². The van der Waals surface area contributed by atoms with Gasteiger partial charge in [-0.25, -0.2) is 0 Å². The maximum Gasteiger partial charge on any atom is 0.508 e. The fourth-order valence-corrected chi connectivity index (χ4v) is 8.60. The van der Waals surface area contributed by atoms with Crippen molar-refractivity contribution in [2.45, 2.75) is 37.8 Å². The molecule has 6 nitrogen and oxygen atoms in total. The van der Waals surface area contributed by atoms with Crippen LogP contribution in [-0.4, -0.2) is 60.3 Å². The van der Waals surface area contributed by atoms with Crippen LogP contribution in [0.3, 0.4) is 0 Å². The molecule has 150 valence electrons. The molecular formula is C18H34O6Si2. The highest BCUT2D eigenvalue weighted by molar-refractivity contribution is 6.62. The van der Waals surface area contributed by atoms with Crippen LogP contribution >= 0.6 is 0 Å². The third kappa shape index (κ3) is 4.45. The van der Waals surface area contributed by atoms with Crippen LogP contribution in [0.15, 0.2) is 24.3 Å². The van der Waals surface area contributed by atoms with Crippen LogP contribution in [-0.2, 0) is 26.6 Å². The summed E-state index contributed by atoms with van der Waals surface area (Å²) in [5.41, 5.74) is 2.43. The molecule has 0 spiro atoms. The van der Waals surface area contributed by atoms with Gasteiger partial charge in [0.05, 0.1) is 11.1 Å². The Hall–Kier alpha value is -0.586. The van der Waals surface area contributed by atoms with Gasteiger partial charge < -0.3 is 26.6 Å². The summed E-state index contributed by atoms with van der Waals surface area (Å²) in [5.74, 6) is 0. The van der Waals surface area contributed by atoms with Crippen molar-refractivity contribution in [3.05, 3.63) is 35.4 Å². The van der Waals surface area contributed by atoms with Gasteiger partial charge in [-0.3, -0.25) is 0 Å². The van der Waals surface area contributed by atoms with Gasteiger partial charge in [0.25, 0.3) is 0 Å². The van der Waals surface area contributed by atoms with Crippen LogP contribution in [0.5, 0.6) is 0 Å². The van der Waals surface area contributed by atoms with Crippen molar-refractivity contribution in [1.82, 2.24) is 0 Å². The molecule has 0 amide bonds. The van der Waals surface area contributed by atoms with Crippen molar-refractivity contribution in [1.29, 1.82) is 0 Å². The van der Waals surface area contributed by atoms with E-state index in [1.54, 1.807) is 42.7 Å². The normalized spacial score (nSPS) is 15.1. The number of hydrogen-bond donors (Lipinski definition) is 0. The van der Waals surface area contributed by atoms with Crippen molar-refractivity contribution in [3.63, 3.8) is 0 Å². The van der Waals surface area contributed by atoms with Crippen LogP contribution in [0.2, 0.25) is 0 Å². The summed E-state index contributed by atoms with van der Waals surface area (Å²) in [4.78, 5) is 0. The Bertz CT molecular complexity index is 453. The quantitative estimate of drug-likeness (QED) is 0.499. The molecule has 0 aliphatic heterocycles. The third-order valence-electron chi connectivity index (χ3n) is 5.12. The molecule has 26 heavy (non-hydrogen) atoms. The molecule has 0 fully saturated rings. The van der Waals surface area contributed by atoms with E-state index in [1.807, 2.05) is 0 Å². The average molecular weight is 403 g/mol. The van der Waals surface area contributed by atoms with E-state index in [1.165, 1.54) is 0 Å². The lowest BCUT2D eigenvalue weighted by Gasteiger charge is -2.33. The van der Waals surface area contributed by atoms with Gasteiger partial charge in [0, 0.05) is 42.7 Å². The SMILES string of the molecule is CCC(c1ccc(C(CC)[Si](OC)(OC)OC)cc1)[Si](OC)(OC)OC. The first-order chi connectivity index (χ1) is 12.5. The van der Waals surface area contributed by atoms with Crippen molar-refractivity contribution < 1.29 is 26.6 Å². The summed E-state index contributed by atoms with van der Waals surface area (Å²) in [7, 11) is 4.38. The molecule has 8 heteroatoms. The lowest BCUT2D eigenvalue weighted by molar-refractivity contribution is 0.110. The molecule has 0 N–H and O–H groups in total. The third-order valence-corrected chi connectivity index (χ3v) is 11.7. The minimum Gasteiger partial charge on any atom is -0.376 e. The molecule has 0 aliphatic carbocycles. The molecular weight excluding hydrogens is 368 g/mol. The first-order valence-electron chi connectivity index (χ1n) is 8.88. The second-order valence-electron chi connectivity index (χ2n) is 6.02. The zero-order valence-corrected chi connectivity index (χ0v) is 19.3. The van der Waals surface area contributed by atoms with E-state index in [-0.39, 0.29) is 11.1 Å². The number of hydrogen-bond acceptors (Lipinski definition) is 6. The molecule has 0 saturated carbocycles. The Labute approximate surface area is 160 Å². The van der Waals surface area contributed by atoms with Gasteiger partial charge in [-0.05, 0) is 24.0 Å². The molecule has 0 saturated heterocycles. The van der Waals surface area contributed by atoms with Gasteiger partial charge >= 0.3 is 17.6 Å². The Kier molecular flexibility index (Phi) is 9.63. The lowest BCUT2D eigenvalue weighted by atomic mass is 10.0. The smallest absolute Gasteiger partial charge is 0.376 e. The van der Waals surface area contributed by atoms with Crippen molar-refractivity contribution >= 4 is 17.6 Å². The zero-order valence-electron chi connectivity index (χ0n) is 17.3. The molecule has 0 bridgehead atoms. The van der Waals surface area contributed by atoms with Gasteiger partial charge in [0.1, 0.15) is 0 Å². The van der Waals surface area contributed by atoms with E-state index in [0.717, 1.165) is 24.0 Å². The van der Waals surface area contributed by atoms with E-state index in [4.69, 9.17) is 26.6 Å². The summed E-state index contributed by atoms with van der Waals surface area (Å²) in [6.07, 6.45) is 1.73. The first kappa shape index (κ1) is 23.5. The highest BCUT2D eigenvalue weighted by atomic mass is 28.4. The van der Waals surface area contributed by atoms with Crippen molar-refractivity contribution in [2.24, 2.45) is 0 Å². The average Bonchev–Trinajstić information content (AvgIpc) is 2.71. The molecule has 0 heterocycles. The summed E-state index contributed by atoms with van der Waals surface area (Å²) in [6, 6.07) is 8.46. The fraction of sp³-hybridized carbons (Fsp3) is 0.667. The Balaban J connectivity index is 3.24. The molecule has 0 aliphatic rings. The fourth-order valence-electron chi connectivity index (χ4n) is 3.69. The maximum absolute atomic E-state index is 5.69. The molecule has 1 rings (SSSR count). The molecule has 0 aromatic heterocycles. The Morgan fingerprint density at radius 3 is 0.962 bits per heavy atom. The number of benzene rings is 1. The van der Waals surface area contributed by atoms with E-state index >= 15 is 0 Å². The van der Waals surface area contributed by atoms with Crippen LogP contribution in [0, 0.1) is 0 Å². The van der Waals surface area contributed by atoms with Gasteiger partial charge in [-0.2, -0.15) is 0 Å². The minimum atomic E-state index is -2.76. The van der Waals surface area contributed by atoms with Crippen LogP contribution < -0.4 is 0 Å². The van der Waals surface area contributed by atoms with Crippen LogP contribution in [0.4, 0.5) is 0 Å². The van der Waals surface area contributed by atoms with Crippen molar-refractivity contribution in [2.75, 3.05) is 42.7 Å². The standard InChI is InChI=1S/C18H34O6Si2/c1-9-17(25(19-3,20-4)21-5)15-11-13-16(14-12-15)18(10-2)26(22-6,23-7)24-8/h11-14,17-18H,9-10H2,1-8H3. The highest BCUT2D eigenvalue weighted by Gasteiger charge is 2.48. The van der Waals surface area contributed by atoms with E-state index in [2.05, 4.69) is 38.1 Å². The van der Waals surface area contributed by atoms with Gasteiger partial charge in [-0.15, -0.1) is 0 Å². The second kappa shape index (κ2) is 10.7. The van der Waals surface area contributed by atoms with E-state index < -0.39 is 17.6 Å². The number of rotatable bonds is 12. The van der Waals surface area contributed by atoms with Crippen molar-refractivity contribution in [3.8, 4) is 0 Å². The predicted octanol–water partition coefficient (Wildman–Crippen LogP) is 3.51. The largest absolute Gasteiger partial charge is 0.508 e. The molecule has 1 aromatic carbocycles. The Morgan fingerprint density at radius 1 is 0.577 bits per heavy atom. The highest BCUT2D eigenvalue weighted by Crippen LogP contribution is 2.35. The van der Waals surface area contributed by atoms with Gasteiger partial charge in [0.15, 0.2) is 0 Å². The summed E-state index contributed by atoms with van der Waals surface area (Å²) in [5, 5.41) is 0. The van der Waals surface area contributed by atoms with Gasteiger partial charge in [-0.1, -0.05) is 38.1 Å². The molecule has 0 radical (unpaired) electrons. The van der Waals surface area contributed by atoms with E-state index in [9.17, 15) is 0 Å². The molecule has 1 aromatic rings. The van der Waals surface area contributed by atoms with E-state index in [0.29, 0.717) is 0 Å². The molecule has 2 unspecified atom stereocenters. The van der Waals surface area contributed by atoms with Crippen LogP contribution in [0.1, 0.15) is 48.9 Å². The second-order valence-corrected chi connectivity index (χ2v) is 12.3. The topological polar surface area (TPSA) is 55.4 Å². The summed E-state index contributed by atoms with van der Waals surface area (Å²) < 4.78 is 34.1. The zero-order chi connectivity index (χ0) is 19.8. The lowest BCUT2D eigenvalue weighted by Crippen LogP contribution is -2.49.